The largest absolute Gasteiger partial charge is 0.233 e. The quantitative estimate of drug-likeness (QED) is 0.255. The summed E-state index contributed by atoms with van der Waals surface area (Å²) in [6.45, 7) is 0. The monoisotopic (exact) mass is 166 g/mol. The lowest BCUT2D eigenvalue weighted by Gasteiger charge is -1.87. The molecule has 0 aromatic rings. The minimum absolute atomic E-state index is 0.472. The van der Waals surface area contributed by atoms with Crippen molar-refractivity contribution in [2.45, 2.75) is 0 Å². The van der Waals surface area contributed by atoms with E-state index in [1.807, 2.05) is 0 Å². The summed E-state index contributed by atoms with van der Waals surface area (Å²) < 4.78 is 0.472. The van der Waals surface area contributed by atoms with Gasteiger partial charge in [0.25, 0.3) is 0 Å². The lowest BCUT2D eigenvalue weighted by Crippen LogP contribution is -1.90. The van der Waals surface area contributed by atoms with Gasteiger partial charge in [-0.15, -0.1) is 0 Å². The fourth-order valence-corrected chi connectivity index (χ4v) is 1.19. The summed E-state index contributed by atoms with van der Waals surface area (Å²) in [6, 6.07) is 0. The van der Waals surface area contributed by atoms with Crippen molar-refractivity contribution in [3.63, 3.8) is 0 Å². The van der Waals surface area contributed by atoms with Gasteiger partial charge < -0.3 is 0 Å². The molecule has 0 aliphatic heterocycles. The molecule has 52 valence electrons. The van der Waals surface area contributed by atoms with E-state index in [1.54, 1.807) is 12.5 Å². The smallest absolute Gasteiger partial charge is 0.203 e. The number of thioether (sulfide) groups is 2. The molecule has 0 unspecified atom stereocenters. The second-order valence-corrected chi connectivity index (χ2v) is 2.86. The molecule has 0 fully saturated rings. The fraction of sp³-hybridized carbons (Fsp3) is 0.667. The molecule has 0 aromatic carbocycles. The van der Waals surface area contributed by atoms with Gasteiger partial charge in [0.05, 0.1) is 5.10 Å². The number of rotatable bonds is 1. The van der Waals surface area contributed by atoms with Crippen molar-refractivity contribution < 1.29 is 5.03 Å². The van der Waals surface area contributed by atoms with E-state index >= 15 is 0 Å². The van der Waals surface area contributed by atoms with Crippen LogP contribution in [0.4, 0.5) is 0 Å². The summed E-state index contributed by atoms with van der Waals surface area (Å²) in [4.78, 5) is 9.72. The van der Waals surface area contributed by atoms with Gasteiger partial charge in [0.1, 0.15) is 0 Å². The lowest BCUT2D eigenvalue weighted by atomic mass is 11.6. The predicted octanol–water partition coefficient (Wildman–Crippen LogP) is 1.26. The lowest BCUT2D eigenvalue weighted by molar-refractivity contribution is -0.484. The second-order valence-electron chi connectivity index (χ2n) is 1.01. The Morgan fingerprint density at radius 3 is 2.11 bits per heavy atom. The van der Waals surface area contributed by atoms with E-state index in [0.29, 0.717) is 4.38 Å². The number of hydrogen-bond donors (Lipinski definition) is 0. The number of hydrazone groups is 1. The average molecular weight is 166 g/mol. The van der Waals surface area contributed by atoms with Crippen molar-refractivity contribution in [1.29, 1.82) is 0 Å². The maximum absolute atomic E-state index is 9.72. The molecule has 0 atom stereocenters. The zero-order chi connectivity index (χ0) is 7.28. The normalized spacial score (nSPS) is 8.67. The topological polar surface area (TPSA) is 55.5 Å². The molecule has 0 saturated heterocycles. The highest BCUT2D eigenvalue weighted by Crippen LogP contribution is 2.09. The van der Waals surface area contributed by atoms with Crippen LogP contribution in [0.25, 0.3) is 0 Å². The van der Waals surface area contributed by atoms with Gasteiger partial charge >= 0.3 is 0 Å². The summed E-state index contributed by atoms with van der Waals surface area (Å²) in [7, 11) is 0. The van der Waals surface area contributed by atoms with Crippen molar-refractivity contribution in [2.75, 3.05) is 12.5 Å². The summed E-state index contributed by atoms with van der Waals surface area (Å²) in [5, 5.41) is 12.1. The van der Waals surface area contributed by atoms with Crippen LogP contribution in [-0.2, 0) is 0 Å². The molecular formula is C3H6N2O2S2. The van der Waals surface area contributed by atoms with E-state index < -0.39 is 5.03 Å². The predicted molar refractivity (Wildman–Crippen MR) is 41.5 cm³/mol. The molecule has 0 heterocycles. The Morgan fingerprint density at radius 2 is 2.00 bits per heavy atom. The summed E-state index contributed by atoms with van der Waals surface area (Å²) in [6.07, 6.45) is 3.50. The highest BCUT2D eigenvalue weighted by molar-refractivity contribution is 8.38. The fourth-order valence-electron chi connectivity index (χ4n) is 0.232. The zero-order valence-corrected chi connectivity index (χ0v) is 6.66. The van der Waals surface area contributed by atoms with Gasteiger partial charge in [0.2, 0.25) is 4.38 Å². The molecule has 0 rings (SSSR count). The van der Waals surface area contributed by atoms with Crippen LogP contribution in [-0.4, -0.2) is 21.9 Å². The Morgan fingerprint density at radius 1 is 1.56 bits per heavy atom. The maximum Gasteiger partial charge on any atom is 0.203 e. The van der Waals surface area contributed by atoms with Crippen LogP contribution in [0.2, 0.25) is 0 Å². The van der Waals surface area contributed by atoms with Crippen molar-refractivity contribution >= 4 is 27.9 Å². The highest BCUT2D eigenvalue weighted by Gasteiger charge is 1.98. The number of nitro groups is 1. The molecule has 0 saturated carbocycles. The van der Waals surface area contributed by atoms with Crippen LogP contribution in [0.5, 0.6) is 0 Å². The van der Waals surface area contributed by atoms with E-state index in [4.69, 9.17) is 0 Å². The first-order valence-corrected chi connectivity index (χ1v) is 4.46. The van der Waals surface area contributed by atoms with Crippen molar-refractivity contribution in [1.82, 2.24) is 0 Å². The Kier molecular flexibility index (Phi) is 4.51. The Labute approximate surface area is 61.2 Å². The van der Waals surface area contributed by atoms with Crippen LogP contribution in [0.15, 0.2) is 5.10 Å². The van der Waals surface area contributed by atoms with Gasteiger partial charge in [0, 0.05) is 0 Å². The molecule has 0 aliphatic rings. The van der Waals surface area contributed by atoms with E-state index in [2.05, 4.69) is 5.10 Å². The van der Waals surface area contributed by atoms with Crippen LogP contribution in [0.3, 0.4) is 0 Å². The maximum atomic E-state index is 9.72. The van der Waals surface area contributed by atoms with E-state index in [1.165, 1.54) is 23.5 Å². The van der Waals surface area contributed by atoms with Gasteiger partial charge in [-0.25, -0.2) is 10.1 Å². The molecule has 0 aliphatic carbocycles. The third kappa shape index (κ3) is 4.28. The van der Waals surface area contributed by atoms with Crippen LogP contribution < -0.4 is 0 Å². The standard InChI is InChI=1S/C3H6N2O2S2/c1-8-3(9-2)4-5(6)7/h1-2H3. The molecule has 9 heavy (non-hydrogen) atoms. The van der Waals surface area contributed by atoms with Gasteiger partial charge in [-0.05, 0) is 12.5 Å². The molecule has 0 bridgehead atoms. The SMILES string of the molecule is CSC(=N[N+](=O)[O-])SC. The number of hydrogen-bond acceptors (Lipinski definition) is 4. The second kappa shape index (κ2) is 4.63. The van der Waals surface area contributed by atoms with Gasteiger partial charge in [0.15, 0.2) is 5.03 Å². The summed E-state index contributed by atoms with van der Waals surface area (Å²) >= 11 is 2.54. The van der Waals surface area contributed by atoms with Gasteiger partial charge in [-0.2, -0.15) is 0 Å². The molecule has 4 nitrogen and oxygen atoms in total. The Hall–Kier alpha value is -0.230. The molecule has 0 N–H and O–H groups in total. The minimum Gasteiger partial charge on any atom is -0.233 e. The third-order valence-electron chi connectivity index (χ3n) is 0.513. The third-order valence-corrected chi connectivity index (χ3v) is 2.37. The van der Waals surface area contributed by atoms with E-state index in [9.17, 15) is 10.1 Å². The first-order chi connectivity index (χ1) is 4.20. The van der Waals surface area contributed by atoms with E-state index in [-0.39, 0.29) is 0 Å². The highest BCUT2D eigenvalue weighted by atomic mass is 32.2. The van der Waals surface area contributed by atoms with E-state index in [0.717, 1.165) is 0 Å². The minimum atomic E-state index is -0.692. The van der Waals surface area contributed by atoms with Crippen molar-refractivity contribution in [2.24, 2.45) is 5.10 Å². The van der Waals surface area contributed by atoms with Crippen molar-refractivity contribution in [3.8, 4) is 0 Å². The first-order valence-electron chi connectivity index (χ1n) is 2.01. The molecule has 0 aromatic heterocycles. The molecular weight excluding hydrogens is 160 g/mol. The number of nitrogens with zero attached hydrogens (tertiary/aromatic N) is 2. The van der Waals surface area contributed by atoms with Gasteiger partial charge in [-0.3, -0.25) is 0 Å². The summed E-state index contributed by atoms with van der Waals surface area (Å²) in [5.74, 6) is 0. The summed E-state index contributed by atoms with van der Waals surface area (Å²) in [5.41, 5.74) is 0. The Bertz CT molecular complexity index is 130. The molecule has 0 radical (unpaired) electrons. The van der Waals surface area contributed by atoms with Crippen molar-refractivity contribution in [3.05, 3.63) is 10.1 Å². The van der Waals surface area contributed by atoms with Crippen LogP contribution in [0.1, 0.15) is 0 Å². The van der Waals surface area contributed by atoms with Gasteiger partial charge in [-0.1, -0.05) is 23.5 Å². The first kappa shape index (κ1) is 8.77. The van der Waals surface area contributed by atoms with Crippen LogP contribution in [0, 0.1) is 10.1 Å². The molecule has 0 amide bonds. The Balaban J connectivity index is 3.91. The average Bonchev–Trinajstić information content (AvgIpc) is 1.82. The van der Waals surface area contributed by atoms with Crippen LogP contribution >= 0.6 is 23.5 Å². The molecule has 6 heteroatoms. The zero-order valence-electron chi connectivity index (χ0n) is 5.03. The molecule has 0 spiro atoms.